The van der Waals surface area contributed by atoms with Gasteiger partial charge in [0.25, 0.3) is 0 Å². The van der Waals surface area contributed by atoms with E-state index in [4.69, 9.17) is 9.73 Å². The summed E-state index contributed by atoms with van der Waals surface area (Å²) in [7, 11) is 0. The van der Waals surface area contributed by atoms with Gasteiger partial charge in [-0.2, -0.15) is 0 Å². The maximum Gasteiger partial charge on any atom is 0.344 e. The number of hydrogen-bond donors (Lipinski definition) is 1. The quantitative estimate of drug-likeness (QED) is 0.589. The molecule has 5 nitrogen and oxygen atoms in total. The predicted octanol–water partition coefficient (Wildman–Crippen LogP) is 5.43. The number of thioether (sulfide) groups is 1. The Morgan fingerprint density at radius 2 is 2.00 bits per heavy atom. The highest BCUT2D eigenvalue weighted by atomic mass is 32.2. The third-order valence-electron chi connectivity index (χ3n) is 4.34. The number of hydrogen-bond acceptors (Lipinski definition) is 6. The first-order valence-electron chi connectivity index (χ1n) is 9.14. The van der Waals surface area contributed by atoms with Gasteiger partial charge in [0.05, 0.1) is 17.2 Å². The molecule has 0 fully saturated rings. The Hall–Kier alpha value is -3.38. The Kier molecular flexibility index (Phi) is 5.44. The van der Waals surface area contributed by atoms with Crippen LogP contribution in [0.1, 0.15) is 12.5 Å². The van der Waals surface area contributed by atoms with Crippen molar-refractivity contribution >= 4 is 45.3 Å². The fraction of sp³-hybridized carbons (Fsp3) is 0.0870. The number of aliphatic hydroxyl groups is 1. The second-order valence-electron chi connectivity index (χ2n) is 6.26. The number of aliphatic imine (C=N–C) groups is 1. The summed E-state index contributed by atoms with van der Waals surface area (Å²) in [6.45, 7) is 1.94. The molecule has 29 heavy (non-hydrogen) atoms. The van der Waals surface area contributed by atoms with Crippen molar-refractivity contribution < 1.29 is 14.6 Å². The lowest BCUT2D eigenvalue weighted by Crippen LogP contribution is -2.12. The van der Waals surface area contributed by atoms with Crippen molar-refractivity contribution in [1.29, 1.82) is 0 Å². The number of carbonyl (C=O) groups is 1. The third-order valence-corrected chi connectivity index (χ3v) is 5.36. The number of carbonyl (C=O) groups excluding carboxylic acids is 1. The van der Waals surface area contributed by atoms with Crippen LogP contribution in [-0.2, 0) is 9.53 Å². The average molecular weight is 402 g/mol. The number of nitrogens with zero attached hydrogens (tertiary/aromatic N) is 2. The number of fused-ring (bicyclic) bond motifs is 1. The van der Waals surface area contributed by atoms with Crippen LogP contribution in [0.4, 0.5) is 5.69 Å². The molecule has 0 amide bonds. The van der Waals surface area contributed by atoms with E-state index in [1.165, 1.54) is 11.8 Å². The van der Waals surface area contributed by atoms with E-state index in [0.29, 0.717) is 9.95 Å². The van der Waals surface area contributed by atoms with Crippen molar-refractivity contribution in [3.63, 3.8) is 0 Å². The van der Waals surface area contributed by atoms with Crippen molar-refractivity contribution in [2.75, 3.05) is 6.61 Å². The molecule has 0 unspecified atom stereocenters. The molecular weight excluding hydrogens is 384 g/mol. The zero-order chi connectivity index (χ0) is 20.2. The van der Waals surface area contributed by atoms with Crippen LogP contribution in [0, 0.1) is 0 Å². The molecule has 0 radical (unpaired) electrons. The monoisotopic (exact) mass is 402 g/mol. The van der Waals surface area contributed by atoms with Crippen molar-refractivity contribution in [3.05, 3.63) is 88.8 Å². The minimum atomic E-state index is -0.592. The van der Waals surface area contributed by atoms with Crippen molar-refractivity contribution in [2.24, 2.45) is 4.99 Å². The molecule has 0 saturated carbocycles. The summed E-state index contributed by atoms with van der Waals surface area (Å²) < 4.78 is 5.16. The molecule has 1 N–H and O–H groups in total. The van der Waals surface area contributed by atoms with Crippen molar-refractivity contribution in [2.45, 2.75) is 6.92 Å². The fourth-order valence-corrected chi connectivity index (χ4v) is 4.05. The Labute approximate surface area is 172 Å². The van der Waals surface area contributed by atoms with Crippen LogP contribution in [0.25, 0.3) is 16.8 Å². The first-order chi connectivity index (χ1) is 14.2. The molecule has 1 aliphatic rings. The van der Waals surface area contributed by atoms with E-state index >= 15 is 0 Å². The van der Waals surface area contributed by atoms with Crippen LogP contribution in [0.3, 0.4) is 0 Å². The van der Waals surface area contributed by atoms with Crippen molar-refractivity contribution in [1.82, 2.24) is 4.98 Å². The van der Waals surface area contributed by atoms with Gasteiger partial charge < -0.3 is 9.84 Å². The molecule has 0 aliphatic carbocycles. The fourth-order valence-electron chi connectivity index (χ4n) is 3.02. The zero-order valence-electron chi connectivity index (χ0n) is 15.7. The van der Waals surface area contributed by atoms with Gasteiger partial charge in [-0.05, 0) is 36.1 Å². The predicted molar refractivity (Wildman–Crippen MR) is 117 cm³/mol. The van der Waals surface area contributed by atoms with Crippen LogP contribution >= 0.6 is 11.8 Å². The normalized spacial score (nSPS) is 16.7. The van der Waals surface area contributed by atoms with E-state index in [1.54, 1.807) is 25.4 Å². The molecule has 3 aromatic rings. The summed E-state index contributed by atoms with van der Waals surface area (Å²) in [5.74, 6) is -0.720. The summed E-state index contributed by atoms with van der Waals surface area (Å²) in [6.07, 6.45) is 5.14. The summed E-state index contributed by atoms with van der Waals surface area (Å²) in [4.78, 5) is 21.9. The van der Waals surface area contributed by atoms with E-state index < -0.39 is 5.97 Å². The van der Waals surface area contributed by atoms with E-state index in [1.807, 2.05) is 54.6 Å². The smallest absolute Gasteiger partial charge is 0.344 e. The van der Waals surface area contributed by atoms with E-state index in [9.17, 15) is 9.90 Å². The third kappa shape index (κ3) is 3.93. The number of aromatic nitrogens is 1. The van der Waals surface area contributed by atoms with E-state index in [2.05, 4.69) is 4.98 Å². The maximum atomic E-state index is 12.5. The highest BCUT2D eigenvalue weighted by molar-refractivity contribution is 8.18. The Morgan fingerprint density at radius 1 is 1.17 bits per heavy atom. The van der Waals surface area contributed by atoms with Crippen LogP contribution < -0.4 is 0 Å². The zero-order valence-corrected chi connectivity index (χ0v) is 16.5. The largest absolute Gasteiger partial charge is 0.506 e. The number of rotatable bonds is 4. The molecule has 0 bridgehead atoms. The molecule has 0 saturated heterocycles. The highest BCUT2D eigenvalue weighted by Gasteiger charge is 2.33. The maximum absolute atomic E-state index is 12.5. The second kappa shape index (κ2) is 8.32. The van der Waals surface area contributed by atoms with Crippen LogP contribution in [0.2, 0.25) is 0 Å². The minimum absolute atomic E-state index is 0.0833. The lowest BCUT2D eigenvalue weighted by Gasteiger charge is -2.05. The molecule has 0 atom stereocenters. The molecule has 4 rings (SSSR count). The molecule has 0 spiro atoms. The Bertz CT molecular complexity index is 1160. The van der Waals surface area contributed by atoms with Gasteiger partial charge in [-0.15, -0.1) is 0 Å². The van der Waals surface area contributed by atoms with Gasteiger partial charge >= 0.3 is 5.97 Å². The summed E-state index contributed by atoms with van der Waals surface area (Å²) >= 11 is 1.24. The Morgan fingerprint density at radius 3 is 2.79 bits per heavy atom. The van der Waals surface area contributed by atoms with Crippen LogP contribution in [0.15, 0.2) is 88.2 Å². The minimum Gasteiger partial charge on any atom is -0.506 e. The Balaban J connectivity index is 1.82. The lowest BCUT2D eigenvalue weighted by atomic mass is 10.1. The number of pyridine rings is 1. The SMILES string of the molecule is CCOC(=O)C1=C(O)/C(=C/c2cccnc2)SC1=Nc1cccc2ccccc12. The van der Waals surface area contributed by atoms with Gasteiger partial charge in [0, 0.05) is 17.8 Å². The molecule has 6 heteroatoms. The second-order valence-corrected chi connectivity index (χ2v) is 7.29. The van der Waals surface area contributed by atoms with Gasteiger partial charge in [0.1, 0.15) is 16.4 Å². The molecule has 144 valence electrons. The molecular formula is C23H18N2O3S. The first-order valence-corrected chi connectivity index (χ1v) is 9.96. The molecule has 2 aromatic carbocycles. The number of ether oxygens (including phenoxy) is 1. The first kappa shape index (κ1) is 19.0. The van der Waals surface area contributed by atoms with Crippen molar-refractivity contribution in [3.8, 4) is 0 Å². The van der Waals surface area contributed by atoms with Gasteiger partial charge in [0.15, 0.2) is 0 Å². The molecule has 1 aliphatic heterocycles. The molecule has 1 aromatic heterocycles. The van der Waals surface area contributed by atoms with Crippen LogP contribution in [0.5, 0.6) is 0 Å². The average Bonchev–Trinajstić information content (AvgIpc) is 3.04. The van der Waals surface area contributed by atoms with E-state index in [0.717, 1.165) is 22.0 Å². The van der Waals surface area contributed by atoms with Crippen LogP contribution in [-0.4, -0.2) is 27.7 Å². The van der Waals surface area contributed by atoms with Gasteiger partial charge in [-0.25, -0.2) is 9.79 Å². The van der Waals surface area contributed by atoms with Gasteiger partial charge in [-0.1, -0.05) is 54.2 Å². The summed E-state index contributed by atoms with van der Waals surface area (Å²) in [5, 5.41) is 13.2. The number of esters is 1. The standard InChI is InChI=1S/C23H18N2O3S/c1-2-28-23(27)20-21(26)19(13-15-7-6-12-24-14-15)29-22(20)25-18-11-5-9-16-8-3-4-10-17(16)18/h3-14,26H,2H2,1H3/b19-13-,25-22?. The molecule has 2 heterocycles. The highest BCUT2D eigenvalue weighted by Crippen LogP contribution is 2.41. The van der Waals surface area contributed by atoms with Gasteiger partial charge in [-0.3, -0.25) is 4.98 Å². The van der Waals surface area contributed by atoms with Gasteiger partial charge in [0.2, 0.25) is 0 Å². The number of aliphatic hydroxyl groups excluding tert-OH is 1. The lowest BCUT2D eigenvalue weighted by molar-refractivity contribution is -0.138. The number of benzene rings is 2. The topological polar surface area (TPSA) is 71.8 Å². The summed E-state index contributed by atoms with van der Waals surface area (Å²) in [6, 6.07) is 17.4. The van der Waals surface area contributed by atoms with E-state index in [-0.39, 0.29) is 17.9 Å². The summed E-state index contributed by atoms with van der Waals surface area (Å²) in [5.41, 5.74) is 1.62.